The standard InChI is InChI=1S/C6H3ClN6/c7-6-11-4-3(8-1-9-4)5-12-10-2-13(5)6/h1-2H,(H,8,9). The van der Waals surface area contributed by atoms with Crippen LogP contribution in [-0.4, -0.2) is 29.5 Å². The Balaban J connectivity index is 2.70. The summed E-state index contributed by atoms with van der Waals surface area (Å²) in [6, 6.07) is 0. The second kappa shape index (κ2) is 2.17. The first-order valence-electron chi connectivity index (χ1n) is 3.54. The number of nitrogens with zero attached hydrogens (tertiary/aromatic N) is 5. The number of fused-ring (bicyclic) bond motifs is 3. The van der Waals surface area contributed by atoms with E-state index in [4.69, 9.17) is 11.6 Å². The minimum atomic E-state index is 0.316. The molecule has 0 fully saturated rings. The average molecular weight is 195 g/mol. The van der Waals surface area contributed by atoms with Crippen molar-refractivity contribution >= 4 is 28.4 Å². The van der Waals surface area contributed by atoms with E-state index >= 15 is 0 Å². The SMILES string of the molecule is Clc1nc2[nH]cnc2c2nncn12. The summed E-state index contributed by atoms with van der Waals surface area (Å²) in [7, 11) is 0. The van der Waals surface area contributed by atoms with Gasteiger partial charge in [0.15, 0.2) is 16.8 Å². The van der Waals surface area contributed by atoms with Crippen molar-refractivity contribution < 1.29 is 0 Å². The van der Waals surface area contributed by atoms with E-state index in [9.17, 15) is 0 Å². The second-order valence-electron chi connectivity index (χ2n) is 2.51. The Hall–Kier alpha value is -1.69. The van der Waals surface area contributed by atoms with Gasteiger partial charge in [-0.3, -0.25) is 4.40 Å². The molecule has 0 aliphatic carbocycles. The molecule has 64 valence electrons. The van der Waals surface area contributed by atoms with Crippen LogP contribution in [0.5, 0.6) is 0 Å². The molecule has 3 heterocycles. The van der Waals surface area contributed by atoms with Crippen LogP contribution in [0, 0.1) is 0 Å². The molecule has 13 heavy (non-hydrogen) atoms. The maximum absolute atomic E-state index is 5.86. The Kier molecular flexibility index (Phi) is 1.13. The fourth-order valence-corrected chi connectivity index (χ4v) is 1.42. The highest BCUT2D eigenvalue weighted by molar-refractivity contribution is 6.29. The maximum atomic E-state index is 5.86. The van der Waals surface area contributed by atoms with E-state index < -0.39 is 0 Å². The van der Waals surface area contributed by atoms with Crippen molar-refractivity contribution in [3.8, 4) is 0 Å². The minimum absolute atomic E-state index is 0.316. The van der Waals surface area contributed by atoms with Gasteiger partial charge in [0, 0.05) is 0 Å². The molecule has 0 aliphatic heterocycles. The topological polar surface area (TPSA) is 71.8 Å². The highest BCUT2D eigenvalue weighted by Crippen LogP contribution is 2.16. The quantitative estimate of drug-likeness (QED) is 0.534. The summed E-state index contributed by atoms with van der Waals surface area (Å²) in [6.07, 6.45) is 3.04. The Bertz CT molecular complexity index is 581. The summed E-state index contributed by atoms with van der Waals surface area (Å²) in [5, 5.41) is 7.93. The Morgan fingerprint density at radius 2 is 2.38 bits per heavy atom. The minimum Gasteiger partial charge on any atom is -0.329 e. The monoisotopic (exact) mass is 194 g/mol. The molecule has 3 aromatic rings. The highest BCUT2D eigenvalue weighted by Gasteiger charge is 2.09. The van der Waals surface area contributed by atoms with Crippen LogP contribution >= 0.6 is 11.6 Å². The van der Waals surface area contributed by atoms with Crippen molar-refractivity contribution in [2.24, 2.45) is 0 Å². The fourth-order valence-electron chi connectivity index (χ4n) is 1.21. The molecule has 0 aliphatic rings. The molecular formula is C6H3ClN6. The molecule has 0 amide bonds. The Morgan fingerprint density at radius 3 is 3.31 bits per heavy atom. The molecule has 0 bridgehead atoms. The molecule has 0 atom stereocenters. The third-order valence-corrected chi connectivity index (χ3v) is 2.05. The highest BCUT2D eigenvalue weighted by atomic mass is 35.5. The average Bonchev–Trinajstić information content (AvgIpc) is 2.66. The molecule has 0 saturated heterocycles. The van der Waals surface area contributed by atoms with Crippen LogP contribution in [0.15, 0.2) is 12.7 Å². The van der Waals surface area contributed by atoms with Crippen molar-refractivity contribution in [3.05, 3.63) is 17.9 Å². The molecule has 3 aromatic heterocycles. The maximum Gasteiger partial charge on any atom is 0.211 e. The summed E-state index contributed by atoms with van der Waals surface area (Å²) in [4.78, 5) is 11.0. The number of aromatic nitrogens is 6. The summed E-state index contributed by atoms with van der Waals surface area (Å²) in [6.45, 7) is 0. The lowest BCUT2D eigenvalue weighted by molar-refractivity contribution is 1.08. The molecule has 0 aromatic carbocycles. The summed E-state index contributed by atoms with van der Waals surface area (Å²) in [5.41, 5.74) is 1.89. The van der Waals surface area contributed by atoms with Crippen LogP contribution < -0.4 is 0 Å². The third-order valence-electron chi connectivity index (χ3n) is 1.78. The zero-order valence-corrected chi connectivity index (χ0v) is 7.02. The number of H-pyrrole nitrogens is 1. The van der Waals surface area contributed by atoms with Gasteiger partial charge in [0.2, 0.25) is 5.28 Å². The Morgan fingerprint density at radius 1 is 1.46 bits per heavy atom. The third kappa shape index (κ3) is 0.775. The van der Waals surface area contributed by atoms with Gasteiger partial charge >= 0.3 is 0 Å². The van der Waals surface area contributed by atoms with Crippen molar-refractivity contribution in [2.75, 3.05) is 0 Å². The normalized spacial score (nSPS) is 11.5. The van der Waals surface area contributed by atoms with E-state index in [1.165, 1.54) is 6.33 Å². The number of rotatable bonds is 0. The van der Waals surface area contributed by atoms with Gasteiger partial charge < -0.3 is 4.98 Å². The van der Waals surface area contributed by atoms with Gasteiger partial charge in [-0.2, -0.15) is 4.98 Å². The molecule has 0 radical (unpaired) electrons. The lowest BCUT2D eigenvalue weighted by Gasteiger charge is -1.94. The number of hydrogen-bond acceptors (Lipinski definition) is 4. The van der Waals surface area contributed by atoms with Gasteiger partial charge in [-0.25, -0.2) is 4.98 Å². The van der Waals surface area contributed by atoms with E-state index in [-0.39, 0.29) is 0 Å². The van der Waals surface area contributed by atoms with Crippen molar-refractivity contribution in [2.45, 2.75) is 0 Å². The van der Waals surface area contributed by atoms with Crippen LogP contribution in [0.2, 0.25) is 5.28 Å². The largest absolute Gasteiger partial charge is 0.329 e. The predicted octanol–water partition coefficient (Wildman–Crippen LogP) is 0.654. The zero-order valence-electron chi connectivity index (χ0n) is 6.27. The van der Waals surface area contributed by atoms with Crippen LogP contribution in [0.3, 0.4) is 0 Å². The summed E-state index contributed by atoms with van der Waals surface area (Å²) < 4.78 is 1.57. The van der Waals surface area contributed by atoms with E-state index in [2.05, 4.69) is 25.1 Å². The van der Waals surface area contributed by atoms with Gasteiger partial charge in [-0.15, -0.1) is 10.2 Å². The van der Waals surface area contributed by atoms with Crippen LogP contribution in [0.1, 0.15) is 0 Å². The summed E-state index contributed by atoms with van der Waals surface area (Å²) >= 11 is 5.86. The van der Waals surface area contributed by atoms with Gasteiger partial charge in [0.25, 0.3) is 0 Å². The van der Waals surface area contributed by atoms with E-state index in [0.717, 1.165) is 0 Å². The fraction of sp³-hybridized carbons (Fsp3) is 0. The summed E-state index contributed by atoms with van der Waals surface area (Å²) in [5.74, 6) is 0. The number of nitrogens with one attached hydrogen (secondary N) is 1. The van der Waals surface area contributed by atoms with E-state index in [1.807, 2.05) is 0 Å². The van der Waals surface area contributed by atoms with Gasteiger partial charge in [-0.05, 0) is 11.6 Å². The smallest absolute Gasteiger partial charge is 0.211 e. The second-order valence-corrected chi connectivity index (χ2v) is 2.84. The number of hydrogen-bond donors (Lipinski definition) is 1. The van der Waals surface area contributed by atoms with E-state index in [0.29, 0.717) is 22.1 Å². The zero-order chi connectivity index (χ0) is 8.84. The molecule has 0 spiro atoms. The first kappa shape index (κ1) is 6.79. The van der Waals surface area contributed by atoms with Crippen LogP contribution in [0.4, 0.5) is 0 Å². The molecule has 1 N–H and O–H groups in total. The lowest BCUT2D eigenvalue weighted by atomic mass is 10.5. The first-order chi connectivity index (χ1) is 6.36. The molecule has 0 unspecified atom stereocenters. The van der Waals surface area contributed by atoms with Crippen LogP contribution in [-0.2, 0) is 0 Å². The Labute approximate surface area is 76.6 Å². The van der Waals surface area contributed by atoms with Crippen molar-refractivity contribution in [3.63, 3.8) is 0 Å². The van der Waals surface area contributed by atoms with Crippen molar-refractivity contribution in [1.82, 2.24) is 29.5 Å². The lowest BCUT2D eigenvalue weighted by Crippen LogP contribution is -1.91. The number of imidazole rings is 1. The van der Waals surface area contributed by atoms with Gasteiger partial charge in [0.05, 0.1) is 6.33 Å². The van der Waals surface area contributed by atoms with Gasteiger partial charge in [0.1, 0.15) is 6.33 Å². The van der Waals surface area contributed by atoms with E-state index in [1.54, 1.807) is 10.7 Å². The van der Waals surface area contributed by atoms with Crippen LogP contribution in [0.25, 0.3) is 16.8 Å². The van der Waals surface area contributed by atoms with Crippen molar-refractivity contribution in [1.29, 1.82) is 0 Å². The predicted molar refractivity (Wildman–Crippen MR) is 45.4 cm³/mol. The molecule has 7 heteroatoms. The molecule has 3 rings (SSSR count). The number of halogens is 1. The first-order valence-corrected chi connectivity index (χ1v) is 3.92. The van der Waals surface area contributed by atoms with Gasteiger partial charge in [-0.1, -0.05) is 0 Å². The number of aromatic amines is 1. The molecule has 0 saturated carbocycles. The molecular weight excluding hydrogens is 192 g/mol. The molecule has 6 nitrogen and oxygen atoms in total.